The van der Waals surface area contributed by atoms with E-state index in [2.05, 4.69) is 10.2 Å². The molecule has 0 radical (unpaired) electrons. The molecule has 4 heteroatoms. The van der Waals surface area contributed by atoms with Crippen LogP contribution >= 0.6 is 0 Å². The summed E-state index contributed by atoms with van der Waals surface area (Å²) < 4.78 is 5.27. The molecule has 1 heterocycles. The van der Waals surface area contributed by atoms with Crippen molar-refractivity contribution in [3.05, 3.63) is 29.8 Å². The number of methoxy groups -OCH3 is 1. The number of piperidine rings is 1. The SMILES string of the molecule is COc1ccccc1C(=O)NC1CCN(C2CCCC2)CC1. The molecule has 120 valence electrons. The van der Waals surface area contributed by atoms with Gasteiger partial charge in [-0.2, -0.15) is 0 Å². The summed E-state index contributed by atoms with van der Waals surface area (Å²) in [6.07, 6.45) is 7.59. The predicted octanol–water partition coefficient (Wildman–Crippen LogP) is 2.83. The van der Waals surface area contributed by atoms with E-state index in [1.54, 1.807) is 7.11 Å². The zero-order valence-electron chi connectivity index (χ0n) is 13.4. The first-order chi connectivity index (χ1) is 10.8. The quantitative estimate of drug-likeness (QED) is 0.930. The van der Waals surface area contributed by atoms with Crippen molar-refractivity contribution in [3.63, 3.8) is 0 Å². The Morgan fingerprint density at radius 2 is 1.82 bits per heavy atom. The topological polar surface area (TPSA) is 41.6 Å². The number of ether oxygens (including phenoxy) is 1. The maximum atomic E-state index is 12.4. The van der Waals surface area contributed by atoms with Gasteiger partial charge >= 0.3 is 0 Å². The molecule has 0 unspecified atom stereocenters. The van der Waals surface area contributed by atoms with Crippen molar-refractivity contribution in [2.45, 2.75) is 50.6 Å². The van der Waals surface area contributed by atoms with Gasteiger partial charge in [-0.15, -0.1) is 0 Å². The van der Waals surface area contributed by atoms with Crippen molar-refractivity contribution in [3.8, 4) is 5.75 Å². The second-order valence-electron chi connectivity index (χ2n) is 6.42. The lowest BCUT2D eigenvalue weighted by molar-refractivity contribution is 0.0889. The summed E-state index contributed by atoms with van der Waals surface area (Å²) in [7, 11) is 1.60. The Kier molecular flexibility index (Phi) is 4.98. The van der Waals surface area contributed by atoms with Crippen molar-refractivity contribution in [1.82, 2.24) is 10.2 Å². The summed E-state index contributed by atoms with van der Waals surface area (Å²) in [5, 5.41) is 3.18. The van der Waals surface area contributed by atoms with Crippen LogP contribution in [0.1, 0.15) is 48.9 Å². The molecule has 0 bridgehead atoms. The molecule has 3 rings (SSSR count). The molecule has 1 amide bonds. The van der Waals surface area contributed by atoms with Crippen LogP contribution in [0, 0.1) is 0 Å². The third kappa shape index (κ3) is 3.43. The Labute approximate surface area is 132 Å². The summed E-state index contributed by atoms with van der Waals surface area (Å²) >= 11 is 0. The molecule has 0 spiro atoms. The molecular formula is C18H26N2O2. The lowest BCUT2D eigenvalue weighted by Gasteiger charge is -2.36. The summed E-state index contributed by atoms with van der Waals surface area (Å²) in [6, 6.07) is 8.50. The minimum Gasteiger partial charge on any atom is -0.496 e. The highest BCUT2D eigenvalue weighted by Gasteiger charge is 2.28. The van der Waals surface area contributed by atoms with E-state index in [0.29, 0.717) is 11.3 Å². The van der Waals surface area contributed by atoms with Crippen LogP contribution in [0.5, 0.6) is 5.75 Å². The summed E-state index contributed by atoms with van der Waals surface area (Å²) in [6.45, 7) is 2.23. The Balaban J connectivity index is 1.53. The first-order valence-corrected chi connectivity index (χ1v) is 8.46. The fourth-order valence-corrected chi connectivity index (χ4v) is 3.77. The molecule has 0 aromatic heterocycles. The van der Waals surface area contributed by atoms with E-state index < -0.39 is 0 Å². The van der Waals surface area contributed by atoms with Gasteiger partial charge in [-0.05, 0) is 37.8 Å². The van der Waals surface area contributed by atoms with Gasteiger partial charge in [-0.3, -0.25) is 4.79 Å². The van der Waals surface area contributed by atoms with Crippen LogP contribution in [-0.4, -0.2) is 43.1 Å². The minimum absolute atomic E-state index is 0.0169. The lowest BCUT2D eigenvalue weighted by Crippen LogP contribution is -2.47. The van der Waals surface area contributed by atoms with Gasteiger partial charge in [0, 0.05) is 25.2 Å². The first kappa shape index (κ1) is 15.3. The van der Waals surface area contributed by atoms with Crippen LogP contribution in [0.3, 0.4) is 0 Å². The Morgan fingerprint density at radius 1 is 1.14 bits per heavy atom. The fourth-order valence-electron chi connectivity index (χ4n) is 3.77. The molecule has 1 N–H and O–H groups in total. The average Bonchev–Trinajstić information content (AvgIpc) is 3.10. The number of para-hydroxylation sites is 1. The smallest absolute Gasteiger partial charge is 0.255 e. The van der Waals surface area contributed by atoms with Crippen molar-refractivity contribution < 1.29 is 9.53 Å². The number of carbonyl (C=O) groups excluding carboxylic acids is 1. The van der Waals surface area contributed by atoms with E-state index >= 15 is 0 Å². The largest absolute Gasteiger partial charge is 0.496 e. The van der Waals surface area contributed by atoms with E-state index in [1.807, 2.05) is 24.3 Å². The number of amides is 1. The second kappa shape index (κ2) is 7.14. The van der Waals surface area contributed by atoms with Gasteiger partial charge in [-0.25, -0.2) is 0 Å². The van der Waals surface area contributed by atoms with Crippen LogP contribution in [0.4, 0.5) is 0 Å². The van der Waals surface area contributed by atoms with E-state index in [1.165, 1.54) is 25.7 Å². The number of likely N-dealkylation sites (tertiary alicyclic amines) is 1. The minimum atomic E-state index is -0.0169. The van der Waals surface area contributed by atoms with Crippen LogP contribution in [-0.2, 0) is 0 Å². The highest BCUT2D eigenvalue weighted by atomic mass is 16.5. The van der Waals surface area contributed by atoms with Crippen molar-refractivity contribution in [1.29, 1.82) is 0 Å². The molecule has 0 atom stereocenters. The van der Waals surface area contributed by atoms with Gasteiger partial charge in [-0.1, -0.05) is 25.0 Å². The molecule has 1 aromatic rings. The van der Waals surface area contributed by atoms with Crippen LogP contribution in [0.15, 0.2) is 24.3 Å². The molecule has 1 aliphatic heterocycles. The van der Waals surface area contributed by atoms with Gasteiger partial charge in [0.25, 0.3) is 5.91 Å². The molecule has 22 heavy (non-hydrogen) atoms. The zero-order chi connectivity index (χ0) is 15.4. The number of benzene rings is 1. The number of carbonyl (C=O) groups is 1. The third-order valence-corrected chi connectivity index (χ3v) is 5.06. The van der Waals surface area contributed by atoms with Gasteiger partial charge in [0.2, 0.25) is 0 Å². The summed E-state index contributed by atoms with van der Waals surface area (Å²) in [5.41, 5.74) is 0.628. The average molecular weight is 302 g/mol. The maximum Gasteiger partial charge on any atom is 0.255 e. The number of nitrogens with one attached hydrogen (secondary N) is 1. The maximum absolute atomic E-state index is 12.4. The number of hydrogen-bond donors (Lipinski definition) is 1. The standard InChI is InChI=1S/C18H26N2O2/c1-22-17-9-5-4-8-16(17)18(21)19-14-10-12-20(13-11-14)15-6-2-3-7-15/h4-5,8-9,14-15H,2-3,6-7,10-13H2,1H3,(H,19,21). The van der Waals surface area contributed by atoms with Gasteiger partial charge < -0.3 is 15.0 Å². The van der Waals surface area contributed by atoms with Crippen LogP contribution in [0.2, 0.25) is 0 Å². The van der Waals surface area contributed by atoms with Crippen molar-refractivity contribution in [2.24, 2.45) is 0 Å². The predicted molar refractivity (Wildman–Crippen MR) is 87.3 cm³/mol. The monoisotopic (exact) mass is 302 g/mol. The van der Waals surface area contributed by atoms with Gasteiger partial charge in [0.1, 0.15) is 5.75 Å². The molecular weight excluding hydrogens is 276 g/mol. The highest BCUT2D eigenvalue weighted by Crippen LogP contribution is 2.26. The van der Waals surface area contributed by atoms with E-state index in [9.17, 15) is 4.79 Å². The van der Waals surface area contributed by atoms with Crippen molar-refractivity contribution in [2.75, 3.05) is 20.2 Å². The highest BCUT2D eigenvalue weighted by molar-refractivity contribution is 5.97. The van der Waals surface area contributed by atoms with E-state index in [-0.39, 0.29) is 11.9 Å². The van der Waals surface area contributed by atoms with Gasteiger partial charge in [0.15, 0.2) is 0 Å². The van der Waals surface area contributed by atoms with Crippen molar-refractivity contribution >= 4 is 5.91 Å². The number of nitrogens with zero attached hydrogens (tertiary/aromatic N) is 1. The third-order valence-electron chi connectivity index (χ3n) is 5.06. The normalized spacial score (nSPS) is 21.0. The van der Waals surface area contributed by atoms with E-state index in [0.717, 1.165) is 32.0 Å². The first-order valence-electron chi connectivity index (χ1n) is 8.46. The van der Waals surface area contributed by atoms with Gasteiger partial charge in [0.05, 0.1) is 12.7 Å². The molecule has 1 saturated carbocycles. The molecule has 2 fully saturated rings. The molecule has 1 saturated heterocycles. The molecule has 4 nitrogen and oxygen atoms in total. The molecule has 2 aliphatic rings. The Hall–Kier alpha value is -1.55. The summed E-state index contributed by atoms with van der Waals surface area (Å²) in [4.78, 5) is 15.0. The number of hydrogen-bond acceptors (Lipinski definition) is 3. The van der Waals surface area contributed by atoms with Crippen LogP contribution < -0.4 is 10.1 Å². The Bertz CT molecular complexity index is 504. The fraction of sp³-hybridized carbons (Fsp3) is 0.611. The van der Waals surface area contributed by atoms with Crippen LogP contribution in [0.25, 0.3) is 0 Å². The lowest BCUT2D eigenvalue weighted by atomic mass is 10.0. The number of rotatable bonds is 4. The zero-order valence-corrected chi connectivity index (χ0v) is 13.4. The molecule has 1 aliphatic carbocycles. The van der Waals surface area contributed by atoms with E-state index in [4.69, 9.17) is 4.74 Å². The second-order valence-corrected chi connectivity index (χ2v) is 6.42. The Morgan fingerprint density at radius 3 is 2.50 bits per heavy atom. The molecule has 1 aromatic carbocycles. The summed E-state index contributed by atoms with van der Waals surface area (Å²) in [5.74, 6) is 0.625.